The highest BCUT2D eigenvalue weighted by Crippen LogP contribution is 2.14. The van der Waals surface area contributed by atoms with E-state index in [9.17, 15) is 18.3 Å². The minimum Gasteiger partial charge on any atom is -0.547 e. The maximum atomic E-state index is 11.5. The third kappa shape index (κ3) is 3.04. The Morgan fingerprint density at radius 1 is 1.31 bits per heavy atom. The van der Waals surface area contributed by atoms with E-state index in [-0.39, 0.29) is 4.90 Å². The zero-order valence-electron chi connectivity index (χ0n) is 8.84. The molecule has 0 saturated carbocycles. The first-order valence-corrected chi connectivity index (χ1v) is 5.94. The quantitative estimate of drug-likeness (QED) is 0.686. The van der Waals surface area contributed by atoms with E-state index in [1.54, 1.807) is 19.1 Å². The van der Waals surface area contributed by atoms with Crippen LogP contribution in [-0.2, 0) is 19.1 Å². The summed E-state index contributed by atoms with van der Waals surface area (Å²) in [6, 6.07) is 5.90. The van der Waals surface area contributed by atoms with E-state index in [0.29, 0.717) is 0 Å². The van der Waals surface area contributed by atoms with Crippen molar-refractivity contribution in [3.05, 3.63) is 29.8 Å². The molecule has 16 heavy (non-hydrogen) atoms. The normalized spacial score (nSPS) is 13.4. The Morgan fingerprint density at radius 2 is 1.81 bits per heavy atom. The van der Waals surface area contributed by atoms with E-state index in [1.165, 1.54) is 12.1 Å². The minimum atomic E-state index is -4.04. The lowest BCUT2D eigenvalue weighted by Gasteiger charge is -2.13. The lowest BCUT2D eigenvalue weighted by atomic mass is 10.2. The molecule has 5 nitrogen and oxygen atoms in total. The van der Waals surface area contributed by atoms with Gasteiger partial charge in [0.15, 0.2) is 0 Å². The minimum absolute atomic E-state index is 0.0776. The Kier molecular flexibility index (Phi) is 3.66. The maximum Gasteiger partial charge on any atom is 0.297 e. The van der Waals surface area contributed by atoms with Crippen LogP contribution in [0.3, 0.4) is 0 Å². The summed E-state index contributed by atoms with van der Waals surface area (Å²) in [5.41, 5.74) is 0.895. The molecule has 6 heteroatoms. The van der Waals surface area contributed by atoms with Crippen LogP contribution in [0.4, 0.5) is 0 Å². The van der Waals surface area contributed by atoms with Crippen molar-refractivity contribution in [1.29, 1.82) is 0 Å². The fraction of sp³-hybridized carbons (Fsp3) is 0.300. The first kappa shape index (κ1) is 12.7. The van der Waals surface area contributed by atoms with Crippen LogP contribution in [-0.4, -0.2) is 20.5 Å². The number of aliphatic carboxylic acids is 1. The van der Waals surface area contributed by atoms with Crippen molar-refractivity contribution in [3.8, 4) is 0 Å². The van der Waals surface area contributed by atoms with E-state index >= 15 is 0 Å². The highest BCUT2D eigenvalue weighted by Gasteiger charge is 2.19. The van der Waals surface area contributed by atoms with Gasteiger partial charge < -0.3 is 9.90 Å². The van der Waals surface area contributed by atoms with E-state index in [1.807, 2.05) is 0 Å². The van der Waals surface area contributed by atoms with Crippen LogP contribution in [0, 0.1) is 6.92 Å². The number of hydrogen-bond donors (Lipinski definition) is 0. The number of aryl methyl sites for hydroxylation is 1. The van der Waals surface area contributed by atoms with E-state index in [2.05, 4.69) is 4.18 Å². The lowest BCUT2D eigenvalue weighted by Crippen LogP contribution is -2.36. The molecule has 0 bridgehead atoms. The van der Waals surface area contributed by atoms with Crippen LogP contribution < -0.4 is 5.11 Å². The summed E-state index contributed by atoms with van der Waals surface area (Å²) in [7, 11) is -4.04. The third-order valence-corrected chi connectivity index (χ3v) is 3.30. The van der Waals surface area contributed by atoms with Crippen molar-refractivity contribution < 1.29 is 22.5 Å². The molecule has 1 rings (SSSR count). The number of hydrogen-bond acceptors (Lipinski definition) is 5. The Labute approximate surface area is 93.8 Å². The van der Waals surface area contributed by atoms with Crippen LogP contribution in [0.1, 0.15) is 12.5 Å². The maximum absolute atomic E-state index is 11.5. The lowest BCUT2D eigenvalue weighted by molar-refractivity contribution is -0.312. The number of carbonyl (C=O) groups is 1. The van der Waals surface area contributed by atoms with Crippen molar-refractivity contribution >= 4 is 16.1 Å². The fourth-order valence-electron chi connectivity index (χ4n) is 0.990. The Bertz CT molecular complexity index is 474. The number of rotatable bonds is 4. The molecule has 0 saturated heterocycles. The van der Waals surface area contributed by atoms with Gasteiger partial charge in [0.05, 0.1) is 10.9 Å². The van der Waals surface area contributed by atoms with Crippen LogP contribution in [0.2, 0.25) is 0 Å². The van der Waals surface area contributed by atoms with Crippen LogP contribution in [0.15, 0.2) is 29.2 Å². The summed E-state index contributed by atoms with van der Waals surface area (Å²) in [6.07, 6.45) is -1.51. The summed E-state index contributed by atoms with van der Waals surface area (Å²) >= 11 is 0. The predicted octanol–water partition coefficient (Wildman–Crippen LogP) is -0.161. The summed E-state index contributed by atoms with van der Waals surface area (Å²) in [6.45, 7) is 2.90. The van der Waals surface area contributed by atoms with E-state index in [0.717, 1.165) is 12.5 Å². The molecule has 0 N–H and O–H groups in total. The zero-order valence-corrected chi connectivity index (χ0v) is 9.65. The van der Waals surface area contributed by atoms with Crippen molar-refractivity contribution in [1.82, 2.24) is 0 Å². The van der Waals surface area contributed by atoms with Crippen LogP contribution >= 0.6 is 0 Å². The molecule has 0 fully saturated rings. The van der Waals surface area contributed by atoms with Gasteiger partial charge in [-0.05, 0) is 26.0 Å². The molecular formula is C10H11O5S-. The smallest absolute Gasteiger partial charge is 0.297 e. The van der Waals surface area contributed by atoms with Gasteiger partial charge in [0.2, 0.25) is 0 Å². The highest BCUT2D eigenvalue weighted by molar-refractivity contribution is 7.86. The van der Waals surface area contributed by atoms with Gasteiger partial charge >= 0.3 is 0 Å². The zero-order chi connectivity index (χ0) is 12.3. The fourth-order valence-corrected chi connectivity index (χ4v) is 2.03. The average Bonchev–Trinajstić information content (AvgIpc) is 2.17. The summed E-state index contributed by atoms with van der Waals surface area (Å²) in [4.78, 5) is 10.3. The van der Waals surface area contributed by atoms with Gasteiger partial charge in [0.25, 0.3) is 10.1 Å². The summed E-state index contributed by atoms with van der Waals surface area (Å²) in [5, 5.41) is 10.4. The van der Waals surface area contributed by atoms with Crippen LogP contribution in [0.5, 0.6) is 0 Å². The van der Waals surface area contributed by atoms with Gasteiger partial charge in [-0.3, -0.25) is 4.18 Å². The molecule has 0 aliphatic heterocycles. The molecule has 88 valence electrons. The number of carbonyl (C=O) groups excluding carboxylic acids is 1. The Balaban J connectivity index is 2.94. The van der Waals surface area contributed by atoms with Crippen molar-refractivity contribution in [2.75, 3.05) is 0 Å². The standard InChI is InChI=1S/C10H12O5S/c1-7-3-5-9(6-4-7)16(13,14)15-8(2)10(11)12/h3-6,8H,1-2H3,(H,11,12)/p-1. The second kappa shape index (κ2) is 4.63. The molecule has 1 atom stereocenters. The number of carboxylic acids is 1. The molecular weight excluding hydrogens is 232 g/mol. The average molecular weight is 243 g/mol. The molecule has 0 spiro atoms. The van der Waals surface area contributed by atoms with E-state index < -0.39 is 22.2 Å². The SMILES string of the molecule is Cc1ccc(S(=O)(=O)OC(C)C(=O)[O-])cc1. The highest BCUT2D eigenvalue weighted by atomic mass is 32.2. The van der Waals surface area contributed by atoms with E-state index in [4.69, 9.17) is 0 Å². The molecule has 0 heterocycles. The second-order valence-electron chi connectivity index (χ2n) is 3.32. The molecule has 1 unspecified atom stereocenters. The first-order chi connectivity index (χ1) is 7.33. The molecule has 0 amide bonds. The monoisotopic (exact) mass is 243 g/mol. The summed E-state index contributed by atoms with van der Waals surface area (Å²) in [5.74, 6) is -1.57. The Morgan fingerprint density at radius 3 is 2.25 bits per heavy atom. The van der Waals surface area contributed by atoms with Gasteiger partial charge in [0.1, 0.15) is 6.10 Å². The number of benzene rings is 1. The molecule has 1 aromatic carbocycles. The second-order valence-corrected chi connectivity index (χ2v) is 4.90. The molecule has 0 radical (unpaired) electrons. The molecule has 1 aromatic rings. The largest absolute Gasteiger partial charge is 0.547 e. The molecule has 0 aromatic heterocycles. The van der Waals surface area contributed by atoms with Gasteiger partial charge in [-0.1, -0.05) is 17.7 Å². The molecule has 0 aliphatic rings. The Hall–Kier alpha value is -1.40. The third-order valence-electron chi connectivity index (χ3n) is 1.91. The van der Waals surface area contributed by atoms with Gasteiger partial charge in [-0.15, -0.1) is 0 Å². The van der Waals surface area contributed by atoms with Gasteiger partial charge in [-0.2, -0.15) is 8.42 Å². The summed E-state index contributed by atoms with van der Waals surface area (Å²) < 4.78 is 27.5. The van der Waals surface area contributed by atoms with Crippen molar-refractivity contribution in [3.63, 3.8) is 0 Å². The van der Waals surface area contributed by atoms with Crippen molar-refractivity contribution in [2.45, 2.75) is 24.8 Å². The first-order valence-electron chi connectivity index (χ1n) is 4.54. The number of carboxylic acid groups (broad SMARTS) is 1. The van der Waals surface area contributed by atoms with Crippen molar-refractivity contribution in [2.24, 2.45) is 0 Å². The molecule has 0 aliphatic carbocycles. The van der Waals surface area contributed by atoms with Crippen LogP contribution in [0.25, 0.3) is 0 Å². The predicted molar refractivity (Wildman–Crippen MR) is 53.9 cm³/mol. The topological polar surface area (TPSA) is 83.5 Å². The van der Waals surface area contributed by atoms with Gasteiger partial charge in [0, 0.05) is 0 Å². The van der Waals surface area contributed by atoms with Gasteiger partial charge in [-0.25, -0.2) is 0 Å².